The van der Waals surface area contributed by atoms with Crippen LogP contribution < -0.4 is 15.5 Å². The fourth-order valence-electron chi connectivity index (χ4n) is 1.91. The summed E-state index contributed by atoms with van der Waals surface area (Å²) >= 11 is 0. The largest absolute Gasteiger partial charge is 0.492 e. The lowest BCUT2D eigenvalue weighted by atomic mass is 9.82. The highest BCUT2D eigenvalue weighted by molar-refractivity contribution is 6.34. The van der Waals surface area contributed by atoms with E-state index >= 15 is 0 Å². The smallest absolute Gasteiger partial charge is 0.407 e. The SMILES string of the molecule is Bc1cc(C(C)(C)C)ccc1OCCNC(=O)OC(C)(C)C. The molecule has 0 aliphatic heterocycles. The number of hydrogen-bond donors (Lipinski definition) is 1. The van der Waals surface area contributed by atoms with Crippen LogP contribution in [0, 0.1) is 0 Å². The summed E-state index contributed by atoms with van der Waals surface area (Å²) in [4.78, 5) is 11.5. The Morgan fingerprint density at radius 2 is 1.82 bits per heavy atom. The average molecular weight is 305 g/mol. The molecule has 1 amide bonds. The molecule has 0 aromatic heterocycles. The first-order valence-corrected chi connectivity index (χ1v) is 7.70. The molecule has 0 unspecified atom stereocenters. The Kier molecular flexibility index (Phi) is 5.92. The number of amides is 1. The highest BCUT2D eigenvalue weighted by Crippen LogP contribution is 2.22. The van der Waals surface area contributed by atoms with Crippen LogP contribution in [0.15, 0.2) is 18.2 Å². The van der Waals surface area contributed by atoms with Gasteiger partial charge in [-0.15, -0.1) is 0 Å². The van der Waals surface area contributed by atoms with E-state index in [-0.39, 0.29) is 5.41 Å². The van der Waals surface area contributed by atoms with E-state index in [9.17, 15) is 4.79 Å². The minimum Gasteiger partial charge on any atom is -0.492 e. The highest BCUT2D eigenvalue weighted by atomic mass is 16.6. The molecule has 0 fully saturated rings. The van der Waals surface area contributed by atoms with Crippen molar-refractivity contribution >= 4 is 19.4 Å². The van der Waals surface area contributed by atoms with Crippen molar-refractivity contribution in [2.75, 3.05) is 13.2 Å². The van der Waals surface area contributed by atoms with Gasteiger partial charge in [0.05, 0.1) is 6.54 Å². The lowest BCUT2D eigenvalue weighted by Crippen LogP contribution is -2.34. The molecule has 0 atom stereocenters. The van der Waals surface area contributed by atoms with Crippen LogP contribution >= 0.6 is 0 Å². The van der Waals surface area contributed by atoms with Crippen LogP contribution in [0.2, 0.25) is 0 Å². The maximum absolute atomic E-state index is 11.5. The summed E-state index contributed by atoms with van der Waals surface area (Å²) in [5, 5.41) is 2.68. The molecule has 0 bridgehead atoms. The second-order valence-corrected chi connectivity index (χ2v) is 7.51. The summed E-state index contributed by atoms with van der Waals surface area (Å²) in [7, 11) is 2.03. The van der Waals surface area contributed by atoms with Crippen LogP contribution in [0.25, 0.3) is 0 Å². The second kappa shape index (κ2) is 7.08. The molecule has 0 radical (unpaired) electrons. The van der Waals surface area contributed by atoms with Gasteiger partial charge in [-0.3, -0.25) is 0 Å². The van der Waals surface area contributed by atoms with Crippen LogP contribution in [-0.4, -0.2) is 32.7 Å². The van der Waals surface area contributed by atoms with Gasteiger partial charge in [-0.1, -0.05) is 32.9 Å². The second-order valence-electron chi connectivity index (χ2n) is 7.51. The van der Waals surface area contributed by atoms with Crippen molar-refractivity contribution < 1.29 is 14.3 Å². The summed E-state index contributed by atoms with van der Waals surface area (Å²) in [5.41, 5.74) is 2.03. The Hall–Kier alpha value is -1.65. The number of alkyl carbamates (subject to hydrolysis) is 1. The molecule has 1 rings (SSSR count). The first-order valence-electron chi connectivity index (χ1n) is 7.70. The summed E-state index contributed by atoms with van der Waals surface area (Å²) in [6.07, 6.45) is -0.420. The van der Waals surface area contributed by atoms with Crippen molar-refractivity contribution in [3.05, 3.63) is 23.8 Å². The van der Waals surface area contributed by atoms with Crippen LogP contribution in [0.3, 0.4) is 0 Å². The molecule has 0 heterocycles. The van der Waals surface area contributed by atoms with Crippen LogP contribution in [0.1, 0.15) is 47.1 Å². The number of carbonyl (C=O) groups excluding carboxylic acids is 1. The average Bonchev–Trinajstić information content (AvgIpc) is 2.32. The molecule has 22 heavy (non-hydrogen) atoms. The van der Waals surface area contributed by atoms with Crippen LogP contribution in [-0.2, 0) is 10.2 Å². The van der Waals surface area contributed by atoms with Crippen molar-refractivity contribution in [1.29, 1.82) is 0 Å². The topological polar surface area (TPSA) is 47.6 Å². The van der Waals surface area contributed by atoms with Gasteiger partial charge in [-0.25, -0.2) is 4.79 Å². The lowest BCUT2D eigenvalue weighted by Gasteiger charge is -2.21. The van der Waals surface area contributed by atoms with Crippen LogP contribution in [0.4, 0.5) is 4.79 Å². The van der Waals surface area contributed by atoms with Crippen LogP contribution in [0.5, 0.6) is 5.75 Å². The number of carbonyl (C=O) groups is 1. The summed E-state index contributed by atoms with van der Waals surface area (Å²) in [6, 6.07) is 6.23. The summed E-state index contributed by atoms with van der Waals surface area (Å²) in [6.45, 7) is 12.9. The maximum atomic E-state index is 11.5. The van der Waals surface area contributed by atoms with E-state index in [1.807, 2.05) is 34.7 Å². The number of benzene rings is 1. The first kappa shape index (κ1) is 18.4. The number of rotatable bonds is 4. The van der Waals surface area contributed by atoms with Gasteiger partial charge < -0.3 is 14.8 Å². The van der Waals surface area contributed by atoms with Gasteiger partial charge in [-0.2, -0.15) is 0 Å². The van der Waals surface area contributed by atoms with Gasteiger partial charge in [-0.05, 0) is 43.3 Å². The van der Waals surface area contributed by atoms with Crippen molar-refractivity contribution in [2.24, 2.45) is 0 Å². The summed E-state index contributed by atoms with van der Waals surface area (Å²) in [5.74, 6) is 0.846. The molecule has 122 valence electrons. The molecule has 0 spiro atoms. The molecular weight excluding hydrogens is 277 g/mol. The Morgan fingerprint density at radius 3 is 2.32 bits per heavy atom. The van der Waals surface area contributed by atoms with E-state index in [4.69, 9.17) is 9.47 Å². The van der Waals surface area contributed by atoms with Crippen molar-refractivity contribution in [3.8, 4) is 5.75 Å². The Morgan fingerprint density at radius 1 is 1.18 bits per heavy atom. The molecule has 0 saturated heterocycles. The molecule has 0 saturated carbocycles. The summed E-state index contributed by atoms with van der Waals surface area (Å²) < 4.78 is 10.9. The Labute approximate surface area is 135 Å². The van der Waals surface area contributed by atoms with E-state index in [0.717, 1.165) is 11.2 Å². The van der Waals surface area contributed by atoms with Gasteiger partial charge in [0.1, 0.15) is 25.8 Å². The van der Waals surface area contributed by atoms with E-state index in [1.54, 1.807) is 0 Å². The van der Waals surface area contributed by atoms with E-state index < -0.39 is 11.7 Å². The fraction of sp³-hybridized carbons (Fsp3) is 0.588. The van der Waals surface area contributed by atoms with E-state index in [0.29, 0.717) is 13.2 Å². The zero-order chi connectivity index (χ0) is 17.0. The number of ether oxygens (including phenoxy) is 2. The van der Waals surface area contributed by atoms with E-state index in [1.165, 1.54) is 5.56 Å². The molecule has 1 aromatic carbocycles. The first-order chi connectivity index (χ1) is 9.99. The van der Waals surface area contributed by atoms with E-state index in [2.05, 4.69) is 38.2 Å². The predicted octanol–water partition coefficient (Wildman–Crippen LogP) is 2.15. The van der Waals surface area contributed by atoms with Gasteiger partial charge in [0.25, 0.3) is 0 Å². The van der Waals surface area contributed by atoms with Crippen molar-refractivity contribution in [3.63, 3.8) is 0 Å². The third kappa shape index (κ3) is 6.42. The standard InChI is InChI=1S/C17H28BNO3/c1-16(2,3)12-7-8-14(13(18)11-12)21-10-9-19-15(20)22-17(4,5)6/h7-8,11H,9-10,18H2,1-6H3,(H,19,20). The third-order valence-corrected chi connectivity index (χ3v) is 3.07. The molecule has 4 nitrogen and oxygen atoms in total. The third-order valence-electron chi connectivity index (χ3n) is 3.07. The molecule has 5 heteroatoms. The normalized spacial score (nSPS) is 11.9. The van der Waals surface area contributed by atoms with Crippen molar-refractivity contribution in [2.45, 2.75) is 52.6 Å². The number of nitrogens with one attached hydrogen (secondary N) is 1. The minimum atomic E-state index is -0.482. The Balaban J connectivity index is 2.45. The predicted molar refractivity (Wildman–Crippen MR) is 93.1 cm³/mol. The Bertz CT molecular complexity index is 516. The lowest BCUT2D eigenvalue weighted by molar-refractivity contribution is 0.0520. The molecule has 1 N–H and O–H groups in total. The van der Waals surface area contributed by atoms with Gasteiger partial charge >= 0.3 is 6.09 Å². The molecule has 0 aliphatic carbocycles. The van der Waals surface area contributed by atoms with Crippen molar-refractivity contribution in [1.82, 2.24) is 5.32 Å². The monoisotopic (exact) mass is 305 g/mol. The fourth-order valence-corrected chi connectivity index (χ4v) is 1.91. The maximum Gasteiger partial charge on any atom is 0.407 e. The number of hydrogen-bond acceptors (Lipinski definition) is 3. The van der Waals surface area contributed by atoms with Gasteiger partial charge in [0, 0.05) is 0 Å². The quantitative estimate of drug-likeness (QED) is 0.685. The van der Waals surface area contributed by atoms with Gasteiger partial charge in [0.15, 0.2) is 0 Å². The molecule has 0 aliphatic rings. The molecule has 1 aromatic rings. The zero-order valence-electron chi connectivity index (χ0n) is 14.9. The minimum absolute atomic E-state index is 0.127. The zero-order valence-corrected chi connectivity index (χ0v) is 14.9. The van der Waals surface area contributed by atoms with Gasteiger partial charge in [0.2, 0.25) is 0 Å². The highest BCUT2D eigenvalue weighted by Gasteiger charge is 2.16. The molecular formula is C17H28BNO3.